The van der Waals surface area contributed by atoms with Gasteiger partial charge in [0.15, 0.2) is 11.6 Å². The van der Waals surface area contributed by atoms with E-state index in [-0.39, 0.29) is 0 Å². The summed E-state index contributed by atoms with van der Waals surface area (Å²) in [7, 11) is 0. The average Bonchev–Trinajstić information content (AvgIpc) is 3.04. The largest absolute Gasteiger partial charge is 0.357 e. The Hall–Kier alpha value is -2.89. The molecule has 0 unspecified atom stereocenters. The molecule has 0 saturated heterocycles. The molecule has 2 aromatic heterocycles. The summed E-state index contributed by atoms with van der Waals surface area (Å²) in [6.45, 7) is 6.41. The van der Waals surface area contributed by atoms with Crippen molar-refractivity contribution < 1.29 is 0 Å². The summed E-state index contributed by atoms with van der Waals surface area (Å²) < 4.78 is 2.01. The maximum Gasteiger partial charge on any atom is 0.191 e. The first-order chi connectivity index (χ1) is 12.3. The van der Waals surface area contributed by atoms with Gasteiger partial charge in [0.05, 0.1) is 6.54 Å². The summed E-state index contributed by atoms with van der Waals surface area (Å²) in [5, 5.41) is 15.1. The smallest absolute Gasteiger partial charge is 0.191 e. The first-order valence-corrected chi connectivity index (χ1v) is 8.63. The molecule has 0 radical (unpaired) electrons. The summed E-state index contributed by atoms with van der Waals surface area (Å²) >= 11 is 0. The lowest BCUT2D eigenvalue weighted by Gasteiger charge is -2.11. The lowest BCUT2D eigenvalue weighted by atomic mass is 10.1. The molecular weight excluding hydrogens is 312 g/mol. The molecule has 0 amide bonds. The quantitative estimate of drug-likeness (QED) is 0.536. The van der Waals surface area contributed by atoms with Crippen molar-refractivity contribution in [2.24, 2.45) is 4.99 Å². The monoisotopic (exact) mass is 336 g/mol. The van der Waals surface area contributed by atoms with Gasteiger partial charge in [0.2, 0.25) is 0 Å². The molecule has 0 aliphatic heterocycles. The molecule has 0 aliphatic rings. The molecule has 0 saturated carbocycles. The van der Waals surface area contributed by atoms with E-state index in [1.807, 2.05) is 28.8 Å². The normalized spacial score (nSPS) is 11.7. The highest BCUT2D eigenvalue weighted by Gasteiger charge is 2.05. The van der Waals surface area contributed by atoms with E-state index in [1.54, 1.807) is 0 Å². The molecule has 6 nitrogen and oxygen atoms in total. The van der Waals surface area contributed by atoms with E-state index in [9.17, 15) is 0 Å². The summed E-state index contributed by atoms with van der Waals surface area (Å²) in [5.41, 5.74) is 3.37. The van der Waals surface area contributed by atoms with E-state index in [0.717, 1.165) is 36.9 Å². The minimum absolute atomic E-state index is 0.663. The predicted molar refractivity (Wildman–Crippen MR) is 101 cm³/mol. The van der Waals surface area contributed by atoms with Crippen LogP contribution in [0.1, 0.15) is 23.9 Å². The molecule has 3 aromatic rings. The molecule has 130 valence electrons. The number of pyridine rings is 1. The van der Waals surface area contributed by atoms with Crippen LogP contribution >= 0.6 is 0 Å². The fraction of sp³-hybridized carbons (Fsp3) is 0.316. The Balaban J connectivity index is 1.60. The number of aliphatic imine (C=N–C) groups is 1. The second-order valence-corrected chi connectivity index (χ2v) is 5.84. The number of fused-ring (bicyclic) bond motifs is 1. The lowest BCUT2D eigenvalue weighted by molar-refractivity contribution is 0.763. The van der Waals surface area contributed by atoms with E-state index in [2.05, 4.69) is 63.9 Å². The molecule has 0 bridgehead atoms. The Kier molecular flexibility index (Phi) is 5.61. The zero-order valence-electron chi connectivity index (χ0n) is 14.7. The fourth-order valence-electron chi connectivity index (χ4n) is 2.65. The molecule has 3 rings (SSSR count). The van der Waals surface area contributed by atoms with Gasteiger partial charge < -0.3 is 10.6 Å². The van der Waals surface area contributed by atoms with Crippen LogP contribution in [0.5, 0.6) is 0 Å². The van der Waals surface area contributed by atoms with Crippen molar-refractivity contribution in [3.05, 3.63) is 65.6 Å². The van der Waals surface area contributed by atoms with Gasteiger partial charge in [0, 0.05) is 25.7 Å². The Morgan fingerprint density at radius 1 is 1.08 bits per heavy atom. The lowest BCUT2D eigenvalue weighted by Crippen LogP contribution is -2.38. The van der Waals surface area contributed by atoms with Crippen LogP contribution in [0.2, 0.25) is 0 Å². The van der Waals surface area contributed by atoms with E-state index in [4.69, 9.17) is 0 Å². The second kappa shape index (κ2) is 8.28. The molecule has 0 aliphatic carbocycles. The molecule has 0 fully saturated rings. The molecule has 0 spiro atoms. The third-order valence-corrected chi connectivity index (χ3v) is 4.04. The Morgan fingerprint density at radius 2 is 1.92 bits per heavy atom. The van der Waals surface area contributed by atoms with Crippen LogP contribution in [-0.4, -0.2) is 33.6 Å². The highest BCUT2D eigenvalue weighted by Crippen LogP contribution is 2.08. The number of guanidine groups is 1. The van der Waals surface area contributed by atoms with Crippen molar-refractivity contribution >= 4 is 11.6 Å². The molecule has 1 aromatic carbocycles. The van der Waals surface area contributed by atoms with E-state index in [1.165, 1.54) is 11.1 Å². The van der Waals surface area contributed by atoms with E-state index in [0.29, 0.717) is 6.54 Å². The molecule has 2 heterocycles. The minimum atomic E-state index is 0.663. The van der Waals surface area contributed by atoms with Gasteiger partial charge in [0.1, 0.15) is 5.82 Å². The average molecular weight is 336 g/mol. The van der Waals surface area contributed by atoms with Crippen LogP contribution in [0.4, 0.5) is 0 Å². The van der Waals surface area contributed by atoms with Crippen molar-refractivity contribution in [3.8, 4) is 0 Å². The number of rotatable bonds is 6. The van der Waals surface area contributed by atoms with Crippen LogP contribution in [0.15, 0.2) is 53.7 Å². The number of hydrogen-bond donors (Lipinski definition) is 2. The number of nitrogens with one attached hydrogen (secondary N) is 2. The van der Waals surface area contributed by atoms with Crippen molar-refractivity contribution in [2.75, 3.05) is 13.1 Å². The third-order valence-electron chi connectivity index (χ3n) is 4.04. The number of aromatic nitrogens is 3. The number of aryl methyl sites for hydroxylation is 1. The van der Waals surface area contributed by atoms with Crippen LogP contribution < -0.4 is 10.6 Å². The van der Waals surface area contributed by atoms with Gasteiger partial charge in [-0.1, -0.05) is 30.3 Å². The van der Waals surface area contributed by atoms with Crippen molar-refractivity contribution in [1.82, 2.24) is 25.2 Å². The zero-order chi connectivity index (χ0) is 17.5. The Labute approximate surface area is 148 Å². The maximum absolute atomic E-state index is 4.68. The number of hydrogen-bond acceptors (Lipinski definition) is 3. The minimum Gasteiger partial charge on any atom is -0.357 e. The van der Waals surface area contributed by atoms with Gasteiger partial charge in [-0.15, -0.1) is 10.2 Å². The van der Waals surface area contributed by atoms with E-state index < -0.39 is 0 Å². The van der Waals surface area contributed by atoms with E-state index >= 15 is 0 Å². The predicted octanol–water partition coefficient (Wildman–Crippen LogP) is 2.34. The van der Waals surface area contributed by atoms with Gasteiger partial charge in [-0.05, 0) is 37.1 Å². The van der Waals surface area contributed by atoms with Gasteiger partial charge in [0.25, 0.3) is 0 Å². The van der Waals surface area contributed by atoms with Crippen molar-refractivity contribution in [2.45, 2.75) is 26.8 Å². The zero-order valence-corrected chi connectivity index (χ0v) is 14.7. The molecular formula is C19H24N6. The first kappa shape index (κ1) is 17.0. The highest BCUT2D eigenvalue weighted by molar-refractivity contribution is 5.79. The third kappa shape index (κ3) is 4.35. The van der Waals surface area contributed by atoms with Gasteiger partial charge in [-0.25, -0.2) is 4.99 Å². The Bertz CT molecular complexity index is 852. The van der Waals surface area contributed by atoms with Crippen LogP contribution in [-0.2, 0) is 13.0 Å². The summed E-state index contributed by atoms with van der Waals surface area (Å²) in [6, 6.07) is 14.2. The number of benzene rings is 1. The van der Waals surface area contributed by atoms with Gasteiger partial charge in [-0.3, -0.25) is 4.40 Å². The SMILES string of the molecule is CCNC(=NCc1ccccc1C)NCCc1nnc2ccccn12. The molecule has 0 atom stereocenters. The second-order valence-electron chi connectivity index (χ2n) is 5.84. The molecule has 2 N–H and O–H groups in total. The summed E-state index contributed by atoms with van der Waals surface area (Å²) in [5.74, 6) is 1.76. The summed E-state index contributed by atoms with van der Waals surface area (Å²) in [4.78, 5) is 4.68. The molecule has 6 heteroatoms. The topological polar surface area (TPSA) is 66.6 Å². The van der Waals surface area contributed by atoms with Gasteiger partial charge in [-0.2, -0.15) is 0 Å². The standard InChI is InChI=1S/C19H24N6/c1-3-20-19(22-14-16-9-5-4-8-15(16)2)21-12-11-18-24-23-17-10-6-7-13-25(17)18/h4-10,13H,3,11-12,14H2,1-2H3,(H2,20,21,22). The van der Waals surface area contributed by atoms with Crippen molar-refractivity contribution in [1.29, 1.82) is 0 Å². The van der Waals surface area contributed by atoms with Gasteiger partial charge >= 0.3 is 0 Å². The first-order valence-electron chi connectivity index (χ1n) is 8.63. The summed E-state index contributed by atoms with van der Waals surface area (Å²) in [6.07, 6.45) is 2.77. The van der Waals surface area contributed by atoms with Crippen LogP contribution in [0, 0.1) is 6.92 Å². The maximum atomic E-state index is 4.68. The highest BCUT2D eigenvalue weighted by atomic mass is 15.2. The fourth-order valence-corrected chi connectivity index (χ4v) is 2.65. The molecule has 25 heavy (non-hydrogen) atoms. The Morgan fingerprint density at radius 3 is 2.76 bits per heavy atom. The van der Waals surface area contributed by atoms with Crippen molar-refractivity contribution in [3.63, 3.8) is 0 Å². The van der Waals surface area contributed by atoms with Crippen LogP contribution in [0.25, 0.3) is 5.65 Å². The van der Waals surface area contributed by atoms with Crippen LogP contribution in [0.3, 0.4) is 0 Å². The number of nitrogens with zero attached hydrogens (tertiary/aromatic N) is 4.